The molecular formula is C12H16O4. The van der Waals surface area contributed by atoms with E-state index in [4.69, 9.17) is 14.6 Å². The first kappa shape index (κ1) is 12.5. The number of hydrogen-bond acceptors (Lipinski definition) is 3. The maximum Gasteiger partial charge on any atom is 0.303 e. The quantitative estimate of drug-likeness (QED) is 0.801. The van der Waals surface area contributed by atoms with Crippen LogP contribution < -0.4 is 4.74 Å². The van der Waals surface area contributed by atoms with E-state index in [0.717, 1.165) is 16.9 Å². The van der Waals surface area contributed by atoms with Crippen molar-refractivity contribution in [2.24, 2.45) is 0 Å². The van der Waals surface area contributed by atoms with Gasteiger partial charge in [0.2, 0.25) is 0 Å². The summed E-state index contributed by atoms with van der Waals surface area (Å²) in [6.45, 7) is 0.488. The van der Waals surface area contributed by atoms with Crippen LogP contribution in [-0.2, 0) is 22.6 Å². The largest absolute Gasteiger partial charge is 0.496 e. The van der Waals surface area contributed by atoms with E-state index < -0.39 is 5.97 Å². The van der Waals surface area contributed by atoms with Crippen LogP contribution in [0.25, 0.3) is 0 Å². The molecule has 1 N–H and O–H groups in total. The van der Waals surface area contributed by atoms with Gasteiger partial charge in [0.25, 0.3) is 0 Å². The normalized spacial score (nSPS) is 10.1. The predicted molar refractivity (Wildman–Crippen MR) is 59.7 cm³/mol. The number of hydrogen-bond donors (Lipinski definition) is 1. The van der Waals surface area contributed by atoms with Gasteiger partial charge >= 0.3 is 5.97 Å². The predicted octanol–water partition coefficient (Wildman–Crippen LogP) is 1.86. The van der Waals surface area contributed by atoms with Crippen LogP contribution in [0, 0.1) is 0 Å². The van der Waals surface area contributed by atoms with E-state index in [1.807, 2.05) is 18.2 Å². The standard InChI is InChI=1S/C12H16O4/c1-15-8-10-5-3-9(4-6-12(13)14)7-11(10)16-2/h3,5,7H,4,6,8H2,1-2H3,(H,13,14). The van der Waals surface area contributed by atoms with Gasteiger partial charge in [-0.15, -0.1) is 0 Å². The third-order valence-corrected chi connectivity index (χ3v) is 2.28. The van der Waals surface area contributed by atoms with E-state index in [1.54, 1.807) is 14.2 Å². The molecule has 1 rings (SSSR count). The summed E-state index contributed by atoms with van der Waals surface area (Å²) in [6.07, 6.45) is 0.645. The van der Waals surface area contributed by atoms with Gasteiger partial charge in [-0.25, -0.2) is 0 Å². The fourth-order valence-corrected chi connectivity index (χ4v) is 1.47. The van der Waals surface area contributed by atoms with Crippen molar-refractivity contribution in [3.05, 3.63) is 29.3 Å². The molecule has 16 heavy (non-hydrogen) atoms. The van der Waals surface area contributed by atoms with E-state index >= 15 is 0 Å². The van der Waals surface area contributed by atoms with Gasteiger partial charge < -0.3 is 14.6 Å². The maximum atomic E-state index is 10.4. The fraction of sp³-hybridized carbons (Fsp3) is 0.417. The van der Waals surface area contributed by atoms with Crippen LogP contribution in [0.15, 0.2) is 18.2 Å². The third-order valence-electron chi connectivity index (χ3n) is 2.28. The highest BCUT2D eigenvalue weighted by atomic mass is 16.5. The minimum Gasteiger partial charge on any atom is -0.496 e. The lowest BCUT2D eigenvalue weighted by Crippen LogP contribution is -1.99. The molecular weight excluding hydrogens is 208 g/mol. The molecule has 4 heteroatoms. The van der Waals surface area contributed by atoms with Crippen molar-refractivity contribution in [3.8, 4) is 5.75 Å². The van der Waals surface area contributed by atoms with E-state index in [9.17, 15) is 4.79 Å². The van der Waals surface area contributed by atoms with Crippen molar-refractivity contribution in [1.82, 2.24) is 0 Å². The SMILES string of the molecule is COCc1ccc(CCC(=O)O)cc1OC. The molecule has 0 saturated carbocycles. The van der Waals surface area contributed by atoms with Gasteiger partial charge in [-0.1, -0.05) is 12.1 Å². The van der Waals surface area contributed by atoms with Crippen LogP contribution in [0.1, 0.15) is 17.5 Å². The zero-order valence-electron chi connectivity index (χ0n) is 9.53. The molecule has 0 fully saturated rings. The summed E-state index contributed by atoms with van der Waals surface area (Å²) >= 11 is 0. The van der Waals surface area contributed by atoms with Gasteiger partial charge in [-0.2, -0.15) is 0 Å². The summed E-state index contributed by atoms with van der Waals surface area (Å²) in [5.41, 5.74) is 1.92. The van der Waals surface area contributed by atoms with E-state index in [-0.39, 0.29) is 6.42 Å². The van der Waals surface area contributed by atoms with Crippen molar-refractivity contribution < 1.29 is 19.4 Å². The van der Waals surface area contributed by atoms with Crippen molar-refractivity contribution in [1.29, 1.82) is 0 Å². The van der Waals surface area contributed by atoms with Crippen LogP contribution in [0.2, 0.25) is 0 Å². The molecule has 88 valence electrons. The first-order chi connectivity index (χ1) is 7.67. The summed E-state index contributed by atoms with van der Waals surface area (Å²) in [4.78, 5) is 10.4. The lowest BCUT2D eigenvalue weighted by atomic mass is 10.1. The molecule has 0 unspecified atom stereocenters. The molecule has 1 aromatic rings. The molecule has 0 aliphatic rings. The Kier molecular flexibility index (Phi) is 4.79. The Morgan fingerprint density at radius 3 is 2.69 bits per heavy atom. The number of carboxylic acids is 1. The Labute approximate surface area is 94.8 Å². The highest BCUT2D eigenvalue weighted by Gasteiger charge is 2.05. The van der Waals surface area contributed by atoms with Gasteiger partial charge in [-0.05, 0) is 18.1 Å². The molecule has 4 nitrogen and oxygen atoms in total. The number of carbonyl (C=O) groups is 1. The summed E-state index contributed by atoms with van der Waals surface area (Å²) in [5.74, 6) is -0.0512. The molecule has 0 aromatic heterocycles. The van der Waals surface area contributed by atoms with Crippen molar-refractivity contribution in [3.63, 3.8) is 0 Å². The molecule has 0 aliphatic carbocycles. The van der Waals surface area contributed by atoms with Crippen molar-refractivity contribution in [2.45, 2.75) is 19.4 Å². The number of benzene rings is 1. The van der Waals surface area contributed by atoms with Gasteiger partial charge in [0.1, 0.15) is 5.75 Å². The highest BCUT2D eigenvalue weighted by molar-refractivity contribution is 5.67. The molecule has 0 radical (unpaired) electrons. The second kappa shape index (κ2) is 6.12. The molecule has 0 spiro atoms. The zero-order valence-corrected chi connectivity index (χ0v) is 9.53. The minimum atomic E-state index is -0.792. The van der Waals surface area contributed by atoms with Gasteiger partial charge in [0.15, 0.2) is 0 Å². The lowest BCUT2D eigenvalue weighted by Gasteiger charge is -2.09. The Bertz CT molecular complexity index is 360. The molecule has 0 bridgehead atoms. The first-order valence-corrected chi connectivity index (χ1v) is 5.04. The molecule has 0 aliphatic heterocycles. The minimum absolute atomic E-state index is 0.132. The monoisotopic (exact) mass is 224 g/mol. The van der Waals surface area contributed by atoms with Crippen LogP contribution in [0.4, 0.5) is 0 Å². The van der Waals surface area contributed by atoms with Gasteiger partial charge in [-0.3, -0.25) is 4.79 Å². The highest BCUT2D eigenvalue weighted by Crippen LogP contribution is 2.21. The van der Waals surface area contributed by atoms with Crippen LogP contribution in [0.5, 0.6) is 5.75 Å². The molecule has 0 heterocycles. The Morgan fingerprint density at radius 1 is 1.38 bits per heavy atom. The van der Waals surface area contributed by atoms with Gasteiger partial charge in [0.05, 0.1) is 13.7 Å². The van der Waals surface area contributed by atoms with Crippen LogP contribution in [0.3, 0.4) is 0 Å². The van der Waals surface area contributed by atoms with E-state index in [2.05, 4.69) is 0 Å². The topological polar surface area (TPSA) is 55.8 Å². The van der Waals surface area contributed by atoms with E-state index in [1.165, 1.54) is 0 Å². The van der Waals surface area contributed by atoms with Crippen molar-refractivity contribution >= 4 is 5.97 Å². The molecule has 0 atom stereocenters. The summed E-state index contributed by atoms with van der Waals surface area (Å²) in [7, 11) is 3.22. The third kappa shape index (κ3) is 3.55. The Morgan fingerprint density at radius 2 is 2.12 bits per heavy atom. The number of aryl methyl sites for hydroxylation is 1. The second-order valence-electron chi connectivity index (χ2n) is 3.47. The number of ether oxygens (including phenoxy) is 2. The van der Waals surface area contributed by atoms with Crippen molar-refractivity contribution in [2.75, 3.05) is 14.2 Å². The zero-order chi connectivity index (χ0) is 12.0. The number of carboxylic acid groups (broad SMARTS) is 1. The summed E-state index contributed by atoms with van der Waals surface area (Å²) < 4.78 is 10.3. The Balaban J connectivity index is 2.77. The average Bonchev–Trinajstić information content (AvgIpc) is 2.28. The van der Waals surface area contributed by atoms with Crippen LogP contribution in [-0.4, -0.2) is 25.3 Å². The van der Waals surface area contributed by atoms with Crippen LogP contribution >= 0.6 is 0 Å². The summed E-state index contributed by atoms with van der Waals surface area (Å²) in [6, 6.07) is 5.66. The molecule has 0 amide bonds. The number of aliphatic carboxylic acids is 1. The Hall–Kier alpha value is -1.55. The number of rotatable bonds is 6. The maximum absolute atomic E-state index is 10.4. The van der Waals surface area contributed by atoms with Gasteiger partial charge in [0, 0.05) is 19.1 Å². The molecule has 1 aromatic carbocycles. The lowest BCUT2D eigenvalue weighted by molar-refractivity contribution is -0.136. The summed E-state index contributed by atoms with van der Waals surface area (Å²) in [5, 5.41) is 8.59. The van der Waals surface area contributed by atoms with E-state index in [0.29, 0.717) is 13.0 Å². The molecule has 0 saturated heterocycles. The first-order valence-electron chi connectivity index (χ1n) is 5.04. The average molecular weight is 224 g/mol. The number of methoxy groups -OCH3 is 2. The smallest absolute Gasteiger partial charge is 0.303 e. The second-order valence-corrected chi connectivity index (χ2v) is 3.47. The fourth-order valence-electron chi connectivity index (χ4n) is 1.47.